The molecule has 0 saturated carbocycles. The zero-order chi connectivity index (χ0) is 12.5. The molecule has 88 valence electrons. The van der Waals surface area contributed by atoms with E-state index >= 15 is 0 Å². The van der Waals surface area contributed by atoms with E-state index in [-0.39, 0.29) is 0 Å². The van der Waals surface area contributed by atoms with Crippen molar-refractivity contribution in [3.63, 3.8) is 0 Å². The number of carbonyl (C=O) groups is 1. The van der Waals surface area contributed by atoms with E-state index in [4.69, 9.17) is 5.73 Å². The third-order valence-corrected chi connectivity index (χ3v) is 2.50. The van der Waals surface area contributed by atoms with Crippen molar-refractivity contribution < 1.29 is 4.79 Å². The largest absolute Gasteiger partial charge is 0.366 e. The van der Waals surface area contributed by atoms with E-state index in [1.54, 1.807) is 24.3 Å². The molecule has 1 aromatic carbocycles. The van der Waals surface area contributed by atoms with Crippen LogP contribution in [0.25, 0.3) is 17.0 Å². The molecular weight excluding hydrogens is 232 g/mol. The predicted molar refractivity (Wildman–Crippen MR) is 62.5 cm³/mol. The van der Waals surface area contributed by atoms with Crippen molar-refractivity contribution in [1.82, 2.24) is 24.8 Å². The Morgan fingerprint density at radius 2 is 2.11 bits per heavy atom. The Labute approximate surface area is 101 Å². The van der Waals surface area contributed by atoms with Crippen LogP contribution < -0.4 is 5.73 Å². The van der Waals surface area contributed by atoms with Crippen molar-refractivity contribution in [2.45, 2.75) is 0 Å². The molecule has 0 aliphatic carbocycles. The molecule has 1 amide bonds. The highest BCUT2D eigenvalue weighted by atomic mass is 16.1. The number of amides is 1. The van der Waals surface area contributed by atoms with E-state index in [1.165, 1.54) is 17.0 Å². The smallest absolute Gasteiger partial charge is 0.271 e. The highest BCUT2D eigenvalue weighted by Crippen LogP contribution is 2.20. The van der Waals surface area contributed by atoms with Gasteiger partial charge in [0.05, 0.1) is 6.20 Å². The second-order valence-corrected chi connectivity index (χ2v) is 3.63. The Balaban J connectivity index is 2.22. The molecule has 0 aliphatic rings. The van der Waals surface area contributed by atoms with Crippen LogP contribution in [0.1, 0.15) is 10.4 Å². The first-order valence-corrected chi connectivity index (χ1v) is 5.18. The Kier molecular flexibility index (Phi) is 2.23. The summed E-state index contributed by atoms with van der Waals surface area (Å²) in [5.41, 5.74) is 6.90. The highest BCUT2D eigenvalue weighted by Gasteiger charge is 2.11. The Morgan fingerprint density at radius 3 is 2.94 bits per heavy atom. The minimum atomic E-state index is -0.503. The van der Waals surface area contributed by atoms with Crippen LogP contribution in [0.3, 0.4) is 0 Å². The molecule has 18 heavy (non-hydrogen) atoms. The molecule has 0 bridgehead atoms. The quantitative estimate of drug-likeness (QED) is 0.693. The maximum atomic E-state index is 11.4. The lowest BCUT2D eigenvalue weighted by Gasteiger charge is -2.05. The number of primary amides is 1. The number of fused-ring (bicyclic) bond motifs is 1. The Hall–Kier alpha value is -2.83. The normalized spacial score (nSPS) is 10.7. The fourth-order valence-corrected chi connectivity index (χ4v) is 1.68. The van der Waals surface area contributed by atoms with Crippen LogP contribution in [0.4, 0.5) is 0 Å². The summed E-state index contributed by atoms with van der Waals surface area (Å²) in [5.74, 6) is -0.105. The van der Waals surface area contributed by atoms with Crippen LogP contribution in [0.15, 0.2) is 36.8 Å². The number of benzene rings is 1. The number of aromatic nitrogens is 5. The van der Waals surface area contributed by atoms with Crippen molar-refractivity contribution in [3.05, 3.63) is 42.4 Å². The SMILES string of the molecule is NC(=O)c1ccccc1-c1cnc2nncn2n1. The van der Waals surface area contributed by atoms with Crippen molar-refractivity contribution in [2.24, 2.45) is 5.73 Å². The summed E-state index contributed by atoms with van der Waals surface area (Å²) in [7, 11) is 0. The molecule has 0 spiro atoms. The van der Waals surface area contributed by atoms with Crippen molar-refractivity contribution in [1.29, 1.82) is 0 Å². The molecule has 0 saturated heterocycles. The molecule has 7 nitrogen and oxygen atoms in total. The molecule has 7 heteroatoms. The molecule has 0 radical (unpaired) electrons. The topological polar surface area (TPSA) is 99.1 Å². The first-order valence-electron chi connectivity index (χ1n) is 5.18. The molecule has 0 aliphatic heterocycles. The van der Waals surface area contributed by atoms with Gasteiger partial charge >= 0.3 is 0 Å². The van der Waals surface area contributed by atoms with Gasteiger partial charge in [-0.1, -0.05) is 18.2 Å². The van der Waals surface area contributed by atoms with Gasteiger partial charge in [0.25, 0.3) is 5.78 Å². The molecule has 0 unspecified atom stereocenters. The summed E-state index contributed by atoms with van der Waals surface area (Å²) in [6.45, 7) is 0. The second-order valence-electron chi connectivity index (χ2n) is 3.63. The van der Waals surface area contributed by atoms with Crippen LogP contribution in [0.2, 0.25) is 0 Å². The summed E-state index contributed by atoms with van der Waals surface area (Å²) < 4.78 is 1.44. The van der Waals surface area contributed by atoms with E-state index in [9.17, 15) is 4.79 Å². The van der Waals surface area contributed by atoms with Crippen LogP contribution in [-0.2, 0) is 0 Å². The average molecular weight is 240 g/mol. The predicted octanol–water partition coefficient (Wildman–Crippen LogP) is 0.285. The van der Waals surface area contributed by atoms with Gasteiger partial charge in [-0.2, -0.15) is 9.61 Å². The number of rotatable bonds is 2. The van der Waals surface area contributed by atoms with Crippen molar-refractivity contribution >= 4 is 11.7 Å². The lowest BCUT2D eigenvalue weighted by molar-refractivity contribution is 0.100. The number of nitrogens with two attached hydrogens (primary N) is 1. The van der Waals surface area contributed by atoms with Gasteiger partial charge in [0.15, 0.2) is 0 Å². The molecule has 3 aromatic rings. The lowest BCUT2D eigenvalue weighted by Crippen LogP contribution is -2.12. The molecule has 3 rings (SSSR count). The first-order chi connectivity index (χ1) is 8.75. The van der Waals surface area contributed by atoms with Crippen LogP contribution in [0.5, 0.6) is 0 Å². The maximum Gasteiger partial charge on any atom is 0.271 e. The third kappa shape index (κ3) is 1.58. The zero-order valence-corrected chi connectivity index (χ0v) is 9.19. The minimum Gasteiger partial charge on any atom is -0.366 e. The third-order valence-electron chi connectivity index (χ3n) is 2.50. The summed E-state index contributed by atoms with van der Waals surface area (Å²) in [6.07, 6.45) is 2.98. The van der Waals surface area contributed by atoms with Crippen LogP contribution in [-0.4, -0.2) is 30.7 Å². The zero-order valence-electron chi connectivity index (χ0n) is 9.19. The standard InChI is InChI=1S/C11H8N6O/c12-10(18)8-4-2-1-3-7(8)9-5-13-11-15-14-6-17(11)16-9/h1-6H,(H2,12,18). The summed E-state index contributed by atoms with van der Waals surface area (Å²) in [6, 6.07) is 6.96. The van der Waals surface area contributed by atoms with Gasteiger partial charge in [-0.3, -0.25) is 4.79 Å². The van der Waals surface area contributed by atoms with Gasteiger partial charge in [-0.25, -0.2) is 4.98 Å². The van der Waals surface area contributed by atoms with E-state index in [1.807, 2.05) is 0 Å². The van der Waals surface area contributed by atoms with Crippen LogP contribution >= 0.6 is 0 Å². The Morgan fingerprint density at radius 1 is 1.28 bits per heavy atom. The first kappa shape index (κ1) is 10.3. The van der Waals surface area contributed by atoms with Gasteiger partial charge < -0.3 is 5.73 Å². The molecule has 2 aromatic heterocycles. The van der Waals surface area contributed by atoms with Crippen molar-refractivity contribution in [3.8, 4) is 11.3 Å². The van der Waals surface area contributed by atoms with Gasteiger partial charge in [-0.15, -0.1) is 10.2 Å². The minimum absolute atomic E-state index is 0.398. The molecule has 0 fully saturated rings. The molecular formula is C11H8N6O. The van der Waals surface area contributed by atoms with E-state index < -0.39 is 5.91 Å². The maximum absolute atomic E-state index is 11.4. The number of carbonyl (C=O) groups excluding carboxylic acids is 1. The number of nitrogens with zero attached hydrogens (tertiary/aromatic N) is 5. The fourth-order valence-electron chi connectivity index (χ4n) is 1.68. The summed E-state index contributed by atoms with van der Waals surface area (Å²) in [5, 5.41) is 11.7. The van der Waals surface area contributed by atoms with E-state index in [0.29, 0.717) is 22.6 Å². The average Bonchev–Trinajstić information content (AvgIpc) is 2.85. The van der Waals surface area contributed by atoms with Gasteiger partial charge in [0.2, 0.25) is 5.91 Å². The van der Waals surface area contributed by atoms with E-state index in [2.05, 4.69) is 20.3 Å². The molecule has 2 heterocycles. The van der Waals surface area contributed by atoms with Crippen molar-refractivity contribution in [2.75, 3.05) is 0 Å². The number of hydrogen-bond donors (Lipinski definition) is 1. The van der Waals surface area contributed by atoms with Gasteiger partial charge in [-0.05, 0) is 6.07 Å². The monoisotopic (exact) mass is 240 g/mol. The summed E-state index contributed by atoms with van der Waals surface area (Å²) in [4.78, 5) is 15.4. The Bertz CT molecular complexity index is 735. The molecule has 2 N–H and O–H groups in total. The fraction of sp³-hybridized carbons (Fsp3) is 0. The number of hydrogen-bond acceptors (Lipinski definition) is 5. The van der Waals surface area contributed by atoms with Crippen LogP contribution in [0, 0.1) is 0 Å². The second kappa shape index (κ2) is 3.88. The van der Waals surface area contributed by atoms with Gasteiger partial charge in [0.1, 0.15) is 12.0 Å². The molecule has 0 atom stereocenters. The highest BCUT2D eigenvalue weighted by molar-refractivity contribution is 5.99. The van der Waals surface area contributed by atoms with E-state index in [0.717, 1.165) is 0 Å². The lowest BCUT2D eigenvalue weighted by atomic mass is 10.0. The summed E-state index contributed by atoms with van der Waals surface area (Å²) >= 11 is 0. The van der Waals surface area contributed by atoms with Gasteiger partial charge in [0, 0.05) is 11.1 Å².